The third-order valence-electron chi connectivity index (χ3n) is 4.04. The maximum absolute atomic E-state index is 11.3. The Kier molecular flexibility index (Phi) is 6.67. The van der Waals surface area contributed by atoms with Crippen molar-refractivity contribution in [3.63, 3.8) is 0 Å². The van der Waals surface area contributed by atoms with Gasteiger partial charge in [-0.2, -0.15) is 0 Å². The maximum Gasteiger partial charge on any atom is 0.191 e. The molecule has 1 heterocycles. The topological polar surface area (TPSA) is 79.8 Å². The van der Waals surface area contributed by atoms with Gasteiger partial charge in [-0.1, -0.05) is 13.8 Å². The van der Waals surface area contributed by atoms with Crippen LogP contribution < -0.4 is 10.6 Å². The summed E-state index contributed by atoms with van der Waals surface area (Å²) in [4.78, 5) is 4.21. The summed E-state index contributed by atoms with van der Waals surface area (Å²) in [5.41, 5.74) is -0.238. The number of rotatable bonds is 7. The van der Waals surface area contributed by atoms with E-state index >= 15 is 0 Å². The highest BCUT2D eigenvalue weighted by Crippen LogP contribution is 2.24. The molecule has 1 atom stereocenters. The van der Waals surface area contributed by atoms with Gasteiger partial charge in [-0.05, 0) is 31.6 Å². The van der Waals surface area contributed by atoms with E-state index in [2.05, 4.69) is 36.4 Å². The summed E-state index contributed by atoms with van der Waals surface area (Å²) < 4.78 is 28.3. The first-order chi connectivity index (χ1) is 10.1. The van der Waals surface area contributed by atoms with E-state index in [-0.39, 0.29) is 16.8 Å². The van der Waals surface area contributed by atoms with Gasteiger partial charge in [0.05, 0.1) is 11.4 Å². The van der Waals surface area contributed by atoms with E-state index in [9.17, 15) is 8.42 Å². The van der Waals surface area contributed by atoms with E-state index < -0.39 is 9.84 Å². The SMILES string of the molecule is CN=C(NCC(C)(C)CCS(C)(=O)=O)NCC1(C)CCCO1. The van der Waals surface area contributed by atoms with Crippen molar-refractivity contribution in [3.05, 3.63) is 0 Å². The third kappa shape index (κ3) is 7.45. The molecule has 2 N–H and O–H groups in total. The lowest BCUT2D eigenvalue weighted by molar-refractivity contribution is 0.0242. The van der Waals surface area contributed by atoms with E-state index in [0.29, 0.717) is 13.0 Å². The van der Waals surface area contributed by atoms with Gasteiger partial charge in [0, 0.05) is 33.0 Å². The van der Waals surface area contributed by atoms with Gasteiger partial charge in [-0.3, -0.25) is 4.99 Å². The van der Waals surface area contributed by atoms with E-state index in [1.165, 1.54) is 6.26 Å². The fraction of sp³-hybridized carbons (Fsp3) is 0.933. The summed E-state index contributed by atoms with van der Waals surface area (Å²) >= 11 is 0. The van der Waals surface area contributed by atoms with Crippen LogP contribution in [0, 0.1) is 5.41 Å². The molecule has 7 heteroatoms. The Morgan fingerprint density at radius 3 is 2.55 bits per heavy atom. The second-order valence-corrected chi connectivity index (χ2v) is 9.49. The van der Waals surface area contributed by atoms with Crippen LogP contribution in [0.5, 0.6) is 0 Å². The number of aliphatic imine (C=N–C) groups is 1. The highest BCUT2D eigenvalue weighted by atomic mass is 32.2. The molecule has 0 bridgehead atoms. The van der Waals surface area contributed by atoms with E-state index in [1.807, 2.05) is 0 Å². The van der Waals surface area contributed by atoms with Gasteiger partial charge in [0.1, 0.15) is 9.84 Å². The van der Waals surface area contributed by atoms with Crippen LogP contribution >= 0.6 is 0 Å². The molecule has 1 saturated heterocycles. The zero-order valence-electron chi connectivity index (χ0n) is 14.5. The molecule has 0 amide bonds. The van der Waals surface area contributed by atoms with Crippen LogP contribution in [0.4, 0.5) is 0 Å². The van der Waals surface area contributed by atoms with Crippen molar-refractivity contribution in [2.45, 2.75) is 45.6 Å². The lowest BCUT2D eigenvalue weighted by atomic mass is 9.90. The van der Waals surface area contributed by atoms with E-state index in [1.54, 1.807) is 7.05 Å². The quantitative estimate of drug-likeness (QED) is 0.540. The number of guanidine groups is 1. The maximum atomic E-state index is 11.3. The van der Waals surface area contributed by atoms with Crippen molar-refractivity contribution in [2.24, 2.45) is 10.4 Å². The summed E-state index contributed by atoms with van der Waals surface area (Å²) in [6.07, 6.45) is 4.05. The van der Waals surface area contributed by atoms with Crippen molar-refractivity contribution < 1.29 is 13.2 Å². The predicted octanol–water partition coefficient (Wildman–Crippen LogP) is 1.18. The Hall–Kier alpha value is -0.820. The molecule has 1 rings (SSSR count). The molecule has 0 radical (unpaired) electrons. The summed E-state index contributed by atoms with van der Waals surface area (Å²) in [7, 11) is -1.19. The number of nitrogens with one attached hydrogen (secondary N) is 2. The summed E-state index contributed by atoms with van der Waals surface area (Å²) in [6, 6.07) is 0. The fourth-order valence-electron chi connectivity index (χ4n) is 2.34. The largest absolute Gasteiger partial charge is 0.373 e. The van der Waals surface area contributed by atoms with Gasteiger partial charge in [0.15, 0.2) is 5.96 Å². The smallest absolute Gasteiger partial charge is 0.191 e. The Morgan fingerprint density at radius 1 is 1.36 bits per heavy atom. The van der Waals surface area contributed by atoms with E-state index in [4.69, 9.17) is 4.74 Å². The molecule has 0 saturated carbocycles. The highest BCUT2D eigenvalue weighted by molar-refractivity contribution is 7.90. The molecule has 0 aromatic carbocycles. The minimum atomic E-state index is -2.92. The van der Waals surface area contributed by atoms with Crippen LogP contribution in [0.25, 0.3) is 0 Å². The van der Waals surface area contributed by atoms with Crippen molar-refractivity contribution in [1.82, 2.24) is 10.6 Å². The predicted molar refractivity (Wildman–Crippen MR) is 91.1 cm³/mol. The minimum absolute atomic E-state index is 0.117. The van der Waals surface area contributed by atoms with Gasteiger partial charge >= 0.3 is 0 Å². The van der Waals surface area contributed by atoms with Crippen LogP contribution in [0.1, 0.15) is 40.0 Å². The number of ether oxygens (including phenoxy) is 1. The Morgan fingerprint density at radius 2 is 2.05 bits per heavy atom. The molecule has 1 unspecified atom stereocenters. The molecular formula is C15H31N3O3S. The first-order valence-electron chi connectivity index (χ1n) is 7.82. The Labute approximate surface area is 135 Å². The Balaban J connectivity index is 2.39. The molecule has 0 aromatic heterocycles. The molecule has 0 aromatic rings. The second kappa shape index (κ2) is 7.64. The van der Waals surface area contributed by atoms with Gasteiger partial charge in [0.25, 0.3) is 0 Å². The zero-order valence-corrected chi connectivity index (χ0v) is 15.3. The van der Waals surface area contributed by atoms with Crippen LogP contribution in [0.15, 0.2) is 4.99 Å². The van der Waals surface area contributed by atoms with Crippen molar-refractivity contribution in [1.29, 1.82) is 0 Å². The first kappa shape index (κ1) is 19.2. The van der Waals surface area contributed by atoms with E-state index in [0.717, 1.165) is 32.0 Å². The van der Waals surface area contributed by atoms with Crippen molar-refractivity contribution in [3.8, 4) is 0 Å². The molecule has 22 heavy (non-hydrogen) atoms. The number of sulfone groups is 1. The number of hydrogen-bond donors (Lipinski definition) is 2. The van der Waals surface area contributed by atoms with Crippen molar-refractivity contribution in [2.75, 3.05) is 38.8 Å². The molecule has 130 valence electrons. The van der Waals surface area contributed by atoms with Gasteiger partial charge in [0.2, 0.25) is 0 Å². The zero-order chi connectivity index (χ0) is 16.9. The lowest BCUT2D eigenvalue weighted by Gasteiger charge is -2.28. The first-order valence-corrected chi connectivity index (χ1v) is 9.88. The van der Waals surface area contributed by atoms with Crippen LogP contribution in [-0.4, -0.2) is 58.7 Å². The third-order valence-corrected chi connectivity index (χ3v) is 4.98. The molecular weight excluding hydrogens is 302 g/mol. The number of nitrogens with zero attached hydrogens (tertiary/aromatic N) is 1. The van der Waals surface area contributed by atoms with Crippen molar-refractivity contribution >= 4 is 15.8 Å². The summed E-state index contributed by atoms with van der Waals surface area (Å²) in [5.74, 6) is 0.934. The van der Waals surface area contributed by atoms with Gasteiger partial charge in [-0.25, -0.2) is 8.42 Å². The average molecular weight is 333 g/mol. The molecule has 1 aliphatic heterocycles. The average Bonchev–Trinajstić information content (AvgIpc) is 2.83. The second-order valence-electron chi connectivity index (χ2n) is 7.23. The normalized spacial score (nSPS) is 23.6. The monoisotopic (exact) mass is 333 g/mol. The van der Waals surface area contributed by atoms with Gasteiger partial charge in [-0.15, -0.1) is 0 Å². The molecule has 1 aliphatic rings. The van der Waals surface area contributed by atoms with Crippen LogP contribution in [0.3, 0.4) is 0 Å². The highest BCUT2D eigenvalue weighted by Gasteiger charge is 2.30. The summed E-state index contributed by atoms with van der Waals surface area (Å²) in [6.45, 7) is 8.43. The Bertz CT molecular complexity index is 480. The molecule has 0 spiro atoms. The van der Waals surface area contributed by atoms with Crippen LogP contribution in [-0.2, 0) is 14.6 Å². The molecule has 0 aliphatic carbocycles. The summed E-state index contributed by atoms with van der Waals surface area (Å²) in [5, 5.41) is 6.57. The molecule has 1 fully saturated rings. The standard InChI is InChI=1S/C15H31N3O3S/c1-14(2,8-10-22(5,19)20)11-17-13(16-4)18-12-15(3)7-6-9-21-15/h6-12H2,1-5H3,(H2,16,17,18). The number of hydrogen-bond acceptors (Lipinski definition) is 4. The lowest BCUT2D eigenvalue weighted by Crippen LogP contribution is -2.47. The van der Waals surface area contributed by atoms with Gasteiger partial charge < -0.3 is 15.4 Å². The minimum Gasteiger partial charge on any atom is -0.373 e. The fourth-order valence-corrected chi connectivity index (χ4v) is 3.26. The van der Waals surface area contributed by atoms with Crippen LogP contribution in [0.2, 0.25) is 0 Å². The molecule has 6 nitrogen and oxygen atoms in total.